The van der Waals surface area contributed by atoms with Gasteiger partial charge in [0, 0.05) is 23.8 Å². The topological polar surface area (TPSA) is 82.0 Å². The molecule has 6 nitrogen and oxygen atoms in total. The second-order valence-electron chi connectivity index (χ2n) is 5.53. The normalized spacial score (nSPS) is 10.4. The Morgan fingerprint density at radius 3 is 2.82 bits per heavy atom. The molecule has 0 spiro atoms. The van der Waals surface area contributed by atoms with E-state index in [1.165, 1.54) is 27.6 Å². The molecule has 4 rings (SSSR count). The highest BCUT2D eigenvalue weighted by Crippen LogP contribution is 2.31. The number of hydrogen-bond donors (Lipinski definition) is 2. The van der Waals surface area contributed by atoms with Crippen LogP contribution in [0.3, 0.4) is 0 Å². The van der Waals surface area contributed by atoms with E-state index in [0.717, 1.165) is 39.0 Å². The van der Waals surface area contributed by atoms with E-state index in [9.17, 15) is 4.79 Å². The fraction of sp³-hybridized carbons (Fsp3) is 0.200. The molecular weight excluding hydrogens is 390 g/mol. The van der Waals surface area contributed by atoms with Crippen LogP contribution in [0.2, 0.25) is 0 Å². The number of anilines is 2. The van der Waals surface area contributed by atoms with Gasteiger partial charge in [0.25, 0.3) is 5.91 Å². The van der Waals surface area contributed by atoms with E-state index in [4.69, 9.17) is 5.41 Å². The first-order valence-corrected chi connectivity index (χ1v) is 10.7. The number of thiazole rings is 1. The van der Waals surface area contributed by atoms with Crippen molar-refractivity contribution in [3.63, 3.8) is 0 Å². The predicted molar refractivity (Wildman–Crippen MR) is 120 cm³/mol. The zero-order valence-electron chi connectivity index (χ0n) is 15.9. The van der Waals surface area contributed by atoms with Crippen molar-refractivity contribution in [1.82, 2.24) is 9.97 Å². The average Bonchev–Trinajstić information content (AvgIpc) is 3.37. The van der Waals surface area contributed by atoms with Crippen molar-refractivity contribution < 1.29 is 4.79 Å². The first kappa shape index (κ1) is 19.9. The predicted octanol–water partition coefficient (Wildman–Crippen LogP) is 5.62. The first-order chi connectivity index (χ1) is 13.7. The van der Waals surface area contributed by atoms with Gasteiger partial charge in [0.15, 0.2) is 0 Å². The smallest absolute Gasteiger partial charge is 0.273 e. The number of carbonyl (C=O) groups is 1. The Balaban J connectivity index is 0.00000109. The molecule has 0 fully saturated rings. The van der Waals surface area contributed by atoms with Gasteiger partial charge in [-0.05, 0) is 37.3 Å². The Morgan fingerprint density at radius 2 is 2.07 bits per heavy atom. The second-order valence-corrected chi connectivity index (χ2v) is 7.44. The van der Waals surface area contributed by atoms with Crippen molar-refractivity contribution in [2.75, 3.05) is 16.8 Å². The fourth-order valence-corrected chi connectivity index (χ4v) is 4.43. The van der Waals surface area contributed by atoms with Crippen LogP contribution in [0.15, 0.2) is 42.0 Å². The van der Waals surface area contributed by atoms with Crippen molar-refractivity contribution in [2.45, 2.75) is 20.8 Å². The number of benzene rings is 1. The highest BCUT2D eigenvalue weighted by atomic mass is 32.1. The molecule has 4 aromatic rings. The zero-order valence-corrected chi connectivity index (χ0v) is 17.5. The van der Waals surface area contributed by atoms with Crippen LogP contribution in [0.5, 0.6) is 0 Å². The van der Waals surface area contributed by atoms with Crippen LogP contribution in [0.25, 0.3) is 20.4 Å². The molecule has 0 aliphatic rings. The van der Waals surface area contributed by atoms with E-state index in [1.807, 2.05) is 45.0 Å². The lowest BCUT2D eigenvalue weighted by Crippen LogP contribution is -2.28. The minimum atomic E-state index is -0.241. The van der Waals surface area contributed by atoms with E-state index in [0.29, 0.717) is 10.6 Å². The second kappa shape index (κ2) is 8.90. The number of nitrogens with zero attached hydrogens (tertiary/aromatic N) is 3. The molecule has 144 valence electrons. The van der Waals surface area contributed by atoms with Crippen LogP contribution < -0.4 is 10.2 Å². The Labute approximate surface area is 171 Å². The van der Waals surface area contributed by atoms with Gasteiger partial charge in [0.05, 0.1) is 32.6 Å². The van der Waals surface area contributed by atoms with Crippen LogP contribution >= 0.6 is 22.7 Å². The number of thiophene rings is 1. The van der Waals surface area contributed by atoms with Crippen LogP contribution in [0.4, 0.5) is 11.4 Å². The van der Waals surface area contributed by atoms with Crippen molar-refractivity contribution >= 4 is 66.7 Å². The molecule has 3 heterocycles. The number of amides is 1. The number of nitrogens with one attached hydrogen (secondary N) is 2. The SMILES string of the molecule is CC.CCNc1ccnc2sc(C(=O)N(C=N)c3ccc4ncsc4c3)cc12. The fourth-order valence-electron chi connectivity index (χ4n) is 2.75. The summed E-state index contributed by atoms with van der Waals surface area (Å²) in [5.74, 6) is -0.241. The summed E-state index contributed by atoms with van der Waals surface area (Å²) < 4.78 is 0.981. The van der Waals surface area contributed by atoms with E-state index in [2.05, 4.69) is 15.3 Å². The number of pyridine rings is 1. The summed E-state index contributed by atoms with van der Waals surface area (Å²) in [5, 5.41) is 11.9. The molecular formula is C20H21N5OS2. The van der Waals surface area contributed by atoms with E-state index < -0.39 is 0 Å². The maximum atomic E-state index is 13.0. The molecule has 0 aliphatic heterocycles. The van der Waals surface area contributed by atoms with Gasteiger partial charge >= 0.3 is 0 Å². The third kappa shape index (κ3) is 3.74. The molecule has 0 aliphatic carbocycles. The minimum absolute atomic E-state index is 0.241. The summed E-state index contributed by atoms with van der Waals surface area (Å²) in [4.78, 5) is 24.3. The highest BCUT2D eigenvalue weighted by molar-refractivity contribution is 7.20. The summed E-state index contributed by atoms with van der Waals surface area (Å²) in [7, 11) is 0. The molecule has 1 amide bonds. The quantitative estimate of drug-likeness (QED) is 0.330. The molecule has 0 radical (unpaired) electrons. The molecule has 0 saturated carbocycles. The third-order valence-corrected chi connectivity index (χ3v) is 5.78. The molecule has 28 heavy (non-hydrogen) atoms. The maximum absolute atomic E-state index is 13.0. The number of aromatic nitrogens is 2. The molecule has 2 N–H and O–H groups in total. The molecule has 3 aromatic heterocycles. The first-order valence-electron chi connectivity index (χ1n) is 9.01. The summed E-state index contributed by atoms with van der Waals surface area (Å²) in [5.41, 5.74) is 4.27. The lowest BCUT2D eigenvalue weighted by atomic mass is 10.2. The van der Waals surface area contributed by atoms with Crippen molar-refractivity contribution in [3.8, 4) is 0 Å². The van der Waals surface area contributed by atoms with Crippen molar-refractivity contribution in [2.24, 2.45) is 0 Å². The Bertz CT molecular complexity index is 1120. The summed E-state index contributed by atoms with van der Waals surface area (Å²) in [6.45, 7) is 6.82. The van der Waals surface area contributed by atoms with E-state index in [-0.39, 0.29) is 5.91 Å². The van der Waals surface area contributed by atoms with Gasteiger partial charge in [-0.1, -0.05) is 13.8 Å². The van der Waals surface area contributed by atoms with Gasteiger partial charge < -0.3 is 5.32 Å². The van der Waals surface area contributed by atoms with Gasteiger partial charge in [-0.25, -0.2) is 9.97 Å². The Hall–Kier alpha value is -2.84. The summed E-state index contributed by atoms with van der Waals surface area (Å²) in [6.07, 6.45) is 2.78. The van der Waals surface area contributed by atoms with Gasteiger partial charge in [-0.15, -0.1) is 22.7 Å². The van der Waals surface area contributed by atoms with Crippen LogP contribution in [-0.2, 0) is 0 Å². The number of hydrogen-bond acceptors (Lipinski definition) is 7. The minimum Gasteiger partial charge on any atom is -0.385 e. The lowest BCUT2D eigenvalue weighted by molar-refractivity contribution is 0.101. The Kier molecular flexibility index (Phi) is 6.33. The largest absolute Gasteiger partial charge is 0.385 e. The number of carbonyl (C=O) groups excluding carboxylic acids is 1. The van der Waals surface area contributed by atoms with Gasteiger partial charge in [-0.2, -0.15) is 0 Å². The number of fused-ring (bicyclic) bond motifs is 2. The van der Waals surface area contributed by atoms with Gasteiger partial charge in [-0.3, -0.25) is 15.1 Å². The lowest BCUT2D eigenvalue weighted by Gasteiger charge is -2.16. The van der Waals surface area contributed by atoms with Crippen LogP contribution in [0, 0.1) is 5.41 Å². The van der Waals surface area contributed by atoms with E-state index >= 15 is 0 Å². The monoisotopic (exact) mass is 411 g/mol. The molecule has 0 saturated heterocycles. The highest BCUT2D eigenvalue weighted by Gasteiger charge is 2.20. The summed E-state index contributed by atoms with van der Waals surface area (Å²) in [6, 6.07) is 9.29. The molecule has 0 bridgehead atoms. The molecule has 1 aromatic carbocycles. The third-order valence-electron chi connectivity index (χ3n) is 3.95. The molecule has 0 unspecified atom stereocenters. The average molecular weight is 412 g/mol. The van der Waals surface area contributed by atoms with Crippen LogP contribution in [0.1, 0.15) is 30.4 Å². The summed E-state index contributed by atoms with van der Waals surface area (Å²) >= 11 is 2.84. The number of rotatable bonds is 5. The van der Waals surface area contributed by atoms with Crippen molar-refractivity contribution in [3.05, 3.63) is 46.9 Å². The Morgan fingerprint density at radius 1 is 1.25 bits per heavy atom. The molecule has 8 heteroatoms. The maximum Gasteiger partial charge on any atom is 0.273 e. The van der Waals surface area contributed by atoms with Gasteiger partial charge in [0.2, 0.25) is 0 Å². The van der Waals surface area contributed by atoms with Gasteiger partial charge in [0.1, 0.15) is 4.83 Å². The zero-order chi connectivity index (χ0) is 20.1. The molecule has 0 atom stereocenters. The van der Waals surface area contributed by atoms with Crippen molar-refractivity contribution in [1.29, 1.82) is 5.41 Å². The van der Waals surface area contributed by atoms with E-state index in [1.54, 1.807) is 17.8 Å². The van der Waals surface area contributed by atoms with Crippen LogP contribution in [-0.4, -0.2) is 28.8 Å². The standard InChI is InChI=1S/C18H15N5OS2.C2H6/c1-2-20-13-5-6-21-17-12(13)8-16(26-17)18(24)23(9-19)11-3-4-14-15(7-11)25-10-22-14;1-2/h3-10,19H,2H2,1H3,(H,20,21);1-2H3.